The maximum Gasteiger partial charge on any atom is 0.308 e. The van der Waals surface area contributed by atoms with Gasteiger partial charge in [0.15, 0.2) is 5.82 Å². The summed E-state index contributed by atoms with van der Waals surface area (Å²) in [5, 5.41) is 4.16. The van der Waals surface area contributed by atoms with E-state index in [9.17, 15) is 9.59 Å². The number of aryl methyl sites for hydroxylation is 1. The van der Waals surface area contributed by atoms with E-state index in [2.05, 4.69) is 10.1 Å². The minimum Gasteiger partial charge on any atom is -0.427 e. The van der Waals surface area contributed by atoms with Crippen LogP contribution in [0.4, 0.5) is 0 Å². The third kappa shape index (κ3) is 2.75. The van der Waals surface area contributed by atoms with Crippen LogP contribution in [-0.2, 0) is 11.2 Å². The lowest BCUT2D eigenvalue weighted by molar-refractivity contribution is -0.131. The monoisotopic (exact) mass is 315 g/mol. The quantitative estimate of drug-likeness (QED) is 0.536. The predicted molar refractivity (Wildman–Crippen MR) is 83.0 cm³/mol. The molecule has 0 bridgehead atoms. The Balaban J connectivity index is 2.05. The summed E-state index contributed by atoms with van der Waals surface area (Å²) >= 11 is 1.29. The van der Waals surface area contributed by atoms with E-state index in [1.807, 2.05) is 13.0 Å². The highest BCUT2D eigenvalue weighted by Gasteiger charge is 2.09. The number of rotatable bonds is 3. The second-order valence-corrected chi connectivity index (χ2v) is 5.67. The molecule has 3 aromatic rings. The molecule has 1 aromatic carbocycles. The molecule has 112 valence electrons. The van der Waals surface area contributed by atoms with Crippen molar-refractivity contribution in [2.24, 2.45) is 0 Å². The topological polar surface area (TPSA) is 73.6 Å². The van der Waals surface area contributed by atoms with Crippen molar-refractivity contribution >= 4 is 28.3 Å². The second-order valence-electron chi connectivity index (χ2n) is 4.66. The van der Waals surface area contributed by atoms with Crippen molar-refractivity contribution in [3.63, 3.8) is 0 Å². The molecule has 0 radical (unpaired) electrons. The maximum absolute atomic E-state index is 12.3. The van der Waals surface area contributed by atoms with E-state index < -0.39 is 0 Å². The molecular weight excluding hydrogens is 302 g/mol. The summed E-state index contributed by atoms with van der Waals surface area (Å²) in [7, 11) is 0. The fourth-order valence-corrected chi connectivity index (χ4v) is 2.94. The Bertz CT molecular complexity index is 958. The van der Waals surface area contributed by atoms with Gasteiger partial charge in [-0.05, 0) is 23.8 Å². The molecule has 22 heavy (non-hydrogen) atoms. The van der Waals surface area contributed by atoms with Crippen molar-refractivity contribution in [3.8, 4) is 5.75 Å². The van der Waals surface area contributed by atoms with E-state index in [0.29, 0.717) is 27.5 Å². The van der Waals surface area contributed by atoms with E-state index >= 15 is 0 Å². The molecule has 0 aliphatic rings. The predicted octanol–water partition coefficient (Wildman–Crippen LogP) is 1.19. The smallest absolute Gasteiger partial charge is 0.308 e. The van der Waals surface area contributed by atoms with Gasteiger partial charge < -0.3 is 4.74 Å². The van der Waals surface area contributed by atoms with Gasteiger partial charge in [0, 0.05) is 13.3 Å². The number of ether oxygens (including phenoxy) is 1. The van der Waals surface area contributed by atoms with Gasteiger partial charge in [-0.1, -0.05) is 30.4 Å². The maximum atomic E-state index is 12.3. The number of hydrogen-bond acceptors (Lipinski definition) is 6. The molecule has 0 atom stereocenters. The van der Waals surface area contributed by atoms with Gasteiger partial charge in [-0.15, -0.1) is 5.10 Å². The lowest BCUT2D eigenvalue weighted by Crippen LogP contribution is -2.23. The number of thiazole rings is 1. The van der Waals surface area contributed by atoms with Gasteiger partial charge in [-0.25, -0.2) is 4.98 Å². The highest BCUT2D eigenvalue weighted by molar-refractivity contribution is 7.15. The van der Waals surface area contributed by atoms with E-state index in [0.717, 1.165) is 5.56 Å². The fraction of sp³-hybridized carbons (Fsp3) is 0.200. The first-order valence-electron chi connectivity index (χ1n) is 6.75. The standard InChI is InChI=1S/C15H13N3O3S/c1-3-13-16-15-18(17-13)14(20)12(22-15)8-10-5-4-6-11(7-10)21-9(2)19/h4-8H,3H2,1-2H3/b12-8-. The number of esters is 1. The van der Waals surface area contributed by atoms with E-state index in [1.54, 1.807) is 24.3 Å². The van der Waals surface area contributed by atoms with Crippen LogP contribution in [0.15, 0.2) is 29.1 Å². The van der Waals surface area contributed by atoms with Crippen LogP contribution in [0.3, 0.4) is 0 Å². The second kappa shape index (κ2) is 5.69. The zero-order chi connectivity index (χ0) is 15.7. The van der Waals surface area contributed by atoms with Gasteiger partial charge in [0.25, 0.3) is 5.56 Å². The SMILES string of the molecule is CCc1nc2s/c(=C\c3cccc(OC(C)=O)c3)c(=O)n2n1. The van der Waals surface area contributed by atoms with E-state index in [-0.39, 0.29) is 11.5 Å². The Kier molecular flexibility index (Phi) is 3.72. The van der Waals surface area contributed by atoms with Crippen molar-refractivity contribution in [1.29, 1.82) is 0 Å². The molecule has 0 N–H and O–H groups in total. The summed E-state index contributed by atoms with van der Waals surface area (Å²) in [6.45, 7) is 3.29. The molecule has 0 amide bonds. The van der Waals surface area contributed by atoms with Gasteiger partial charge in [0.2, 0.25) is 4.96 Å². The van der Waals surface area contributed by atoms with Gasteiger partial charge in [0.1, 0.15) is 5.75 Å². The Hall–Kier alpha value is -2.54. The Labute approximate surface area is 129 Å². The fourth-order valence-electron chi connectivity index (χ4n) is 2.01. The molecular formula is C15H13N3O3S. The average molecular weight is 315 g/mol. The van der Waals surface area contributed by atoms with Crippen molar-refractivity contribution in [1.82, 2.24) is 14.6 Å². The number of benzene rings is 1. The summed E-state index contributed by atoms with van der Waals surface area (Å²) in [6, 6.07) is 6.99. The molecule has 3 rings (SSSR count). The summed E-state index contributed by atoms with van der Waals surface area (Å²) < 4.78 is 6.90. The van der Waals surface area contributed by atoms with E-state index in [1.165, 1.54) is 22.8 Å². The average Bonchev–Trinajstić information content (AvgIpc) is 2.99. The molecule has 0 spiro atoms. The number of carbonyl (C=O) groups is 1. The van der Waals surface area contributed by atoms with Crippen molar-refractivity contribution in [3.05, 3.63) is 50.5 Å². The molecule has 0 fully saturated rings. The molecule has 0 aliphatic heterocycles. The van der Waals surface area contributed by atoms with Crippen LogP contribution >= 0.6 is 11.3 Å². The van der Waals surface area contributed by atoms with Crippen molar-refractivity contribution in [2.45, 2.75) is 20.3 Å². The highest BCUT2D eigenvalue weighted by atomic mass is 32.1. The molecule has 6 nitrogen and oxygen atoms in total. The van der Waals surface area contributed by atoms with Crippen LogP contribution in [-0.4, -0.2) is 20.6 Å². The molecule has 0 saturated carbocycles. The zero-order valence-corrected chi connectivity index (χ0v) is 12.9. The summed E-state index contributed by atoms with van der Waals surface area (Å²) in [4.78, 5) is 28.1. The van der Waals surface area contributed by atoms with Crippen molar-refractivity contribution < 1.29 is 9.53 Å². The molecule has 0 saturated heterocycles. The highest BCUT2D eigenvalue weighted by Crippen LogP contribution is 2.14. The number of nitrogens with zero attached hydrogens (tertiary/aromatic N) is 3. The molecule has 0 unspecified atom stereocenters. The van der Waals surface area contributed by atoms with Crippen LogP contribution in [0.5, 0.6) is 5.75 Å². The normalized spacial score (nSPS) is 12.0. The first-order valence-corrected chi connectivity index (χ1v) is 7.57. The Morgan fingerprint density at radius 1 is 1.45 bits per heavy atom. The third-order valence-corrected chi connectivity index (χ3v) is 3.92. The first kappa shape index (κ1) is 14.4. The van der Waals surface area contributed by atoms with Gasteiger partial charge in [-0.3, -0.25) is 9.59 Å². The minimum absolute atomic E-state index is 0.190. The van der Waals surface area contributed by atoms with Crippen LogP contribution in [0.1, 0.15) is 25.2 Å². The number of carbonyl (C=O) groups excluding carboxylic acids is 1. The van der Waals surface area contributed by atoms with Gasteiger partial charge in [-0.2, -0.15) is 4.52 Å². The van der Waals surface area contributed by atoms with Crippen LogP contribution in [0.2, 0.25) is 0 Å². The van der Waals surface area contributed by atoms with Crippen LogP contribution in [0.25, 0.3) is 11.0 Å². The van der Waals surface area contributed by atoms with Crippen molar-refractivity contribution in [2.75, 3.05) is 0 Å². The molecule has 2 aromatic heterocycles. The first-order chi connectivity index (χ1) is 10.6. The molecule has 2 heterocycles. The molecule has 7 heteroatoms. The number of fused-ring (bicyclic) bond motifs is 1. The lowest BCUT2D eigenvalue weighted by Gasteiger charge is -2.01. The number of hydrogen-bond donors (Lipinski definition) is 0. The summed E-state index contributed by atoms with van der Waals surface area (Å²) in [5.74, 6) is 0.723. The van der Waals surface area contributed by atoms with Gasteiger partial charge >= 0.3 is 5.97 Å². The Morgan fingerprint density at radius 2 is 2.27 bits per heavy atom. The Morgan fingerprint density at radius 3 is 2.95 bits per heavy atom. The summed E-state index contributed by atoms with van der Waals surface area (Å²) in [5.41, 5.74) is 0.584. The van der Waals surface area contributed by atoms with Gasteiger partial charge in [0.05, 0.1) is 4.53 Å². The number of aromatic nitrogens is 3. The summed E-state index contributed by atoms with van der Waals surface area (Å²) in [6.07, 6.45) is 2.43. The van der Waals surface area contributed by atoms with E-state index in [4.69, 9.17) is 4.74 Å². The largest absolute Gasteiger partial charge is 0.427 e. The third-order valence-electron chi connectivity index (χ3n) is 2.96. The zero-order valence-electron chi connectivity index (χ0n) is 12.1. The molecule has 0 aliphatic carbocycles. The van der Waals surface area contributed by atoms with Crippen LogP contribution in [0, 0.1) is 0 Å². The van der Waals surface area contributed by atoms with Crippen LogP contribution < -0.4 is 14.8 Å². The lowest BCUT2D eigenvalue weighted by atomic mass is 10.2. The minimum atomic E-state index is -0.382.